The number of halogens is 2. The third-order valence-electron chi connectivity index (χ3n) is 3.39. The highest BCUT2D eigenvalue weighted by Gasteiger charge is 2.33. The Morgan fingerprint density at radius 3 is 3.10 bits per heavy atom. The number of hydrogen-bond donors (Lipinski definition) is 3. The molecule has 1 fully saturated rings. The largest absolute Gasteiger partial charge is 0.378 e. The molecule has 1 aromatic heterocycles. The Balaban J connectivity index is 1.92. The van der Waals surface area contributed by atoms with Gasteiger partial charge in [-0.05, 0) is 25.3 Å². The van der Waals surface area contributed by atoms with E-state index in [1.54, 1.807) is 0 Å². The molecule has 21 heavy (non-hydrogen) atoms. The second-order valence-electron chi connectivity index (χ2n) is 5.06. The third-order valence-corrected chi connectivity index (χ3v) is 3.65. The van der Waals surface area contributed by atoms with E-state index in [0.29, 0.717) is 12.8 Å². The lowest BCUT2D eigenvalue weighted by Crippen LogP contribution is -2.46. The normalized spacial score (nSPS) is 25.0. The van der Waals surface area contributed by atoms with Gasteiger partial charge in [0, 0.05) is 12.5 Å². The van der Waals surface area contributed by atoms with Crippen LogP contribution in [-0.4, -0.2) is 27.8 Å². The molecule has 1 aliphatic rings. The van der Waals surface area contributed by atoms with Gasteiger partial charge in [-0.25, -0.2) is 9.78 Å². The molecule has 112 valence electrons. The van der Waals surface area contributed by atoms with Crippen LogP contribution in [-0.2, 0) is 0 Å². The van der Waals surface area contributed by atoms with Gasteiger partial charge in [-0.2, -0.15) is 4.39 Å². The number of nitrogens with one attached hydrogen (secondary N) is 2. The summed E-state index contributed by atoms with van der Waals surface area (Å²) in [6.45, 7) is 0. The van der Waals surface area contributed by atoms with Crippen molar-refractivity contribution in [3.8, 4) is 12.3 Å². The Labute approximate surface area is 126 Å². The molecule has 2 atom stereocenters. The van der Waals surface area contributed by atoms with Crippen molar-refractivity contribution >= 4 is 23.3 Å². The fourth-order valence-electron chi connectivity index (χ4n) is 2.35. The summed E-state index contributed by atoms with van der Waals surface area (Å²) in [6.07, 6.45) is 8.77. The highest BCUT2D eigenvalue weighted by molar-refractivity contribution is 6.30. The van der Waals surface area contributed by atoms with E-state index < -0.39 is 17.6 Å². The number of carbonyl (C=O) groups excluding carboxylic acids is 1. The second-order valence-corrected chi connectivity index (χ2v) is 5.47. The first-order valence-electron chi connectivity index (χ1n) is 6.50. The first-order valence-corrected chi connectivity index (χ1v) is 6.88. The smallest absolute Gasteiger partial charge is 0.319 e. The highest BCUT2D eigenvalue weighted by Crippen LogP contribution is 2.27. The van der Waals surface area contributed by atoms with Crippen LogP contribution in [0, 0.1) is 18.3 Å². The fraction of sp³-hybridized carbons (Fsp3) is 0.429. The van der Waals surface area contributed by atoms with Gasteiger partial charge in [-0.1, -0.05) is 17.5 Å². The summed E-state index contributed by atoms with van der Waals surface area (Å²) in [5, 5.41) is 15.1. The number of amides is 2. The van der Waals surface area contributed by atoms with Crippen LogP contribution in [0.4, 0.5) is 14.9 Å². The van der Waals surface area contributed by atoms with Gasteiger partial charge < -0.3 is 15.7 Å². The summed E-state index contributed by atoms with van der Waals surface area (Å²) in [4.78, 5) is 15.3. The molecule has 2 unspecified atom stereocenters. The summed E-state index contributed by atoms with van der Waals surface area (Å²) < 4.78 is 12.9. The zero-order valence-corrected chi connectivity index (χ0v) is 12.0. The van der Waals surface area contributed by atoms with Crippen molar-refractivity contribution in [1.82, 2.24) is 10.3 Å². The molecule has 0 bridgehead atoms. The molecule has 0 radical (unpaired) electrons. The number of pyridine rings is 1. The van der Waals surface area contributed by atoms with Gasteiger partial charge in [0.15, 0.2) is 0 Å². The Bertz CT molecular complexity index is 590. The molecule has 1 aliphatic carbocycles. The maximum absolute atomic E-state index is 12.9. The lowest BCUT2D eigenvalue weighted by atomic mass is 9.82. The molecule has 0 aliphatic heterocycles. The second kappa shape index (κ2) is 6.29. The third kappa shape index (κ3) is 4.06. The first-order chi connectivity index (χ1) is 9.92. The number of anilines is 1. The summed E-state index contributed by atoms with van der Waals surface area (Å²) >= 11 is 5.58. The van der Waals surface area contributed by atoms with E-state index in [1.165, 1.54) is 12.3 Å². The topological polar surface area (TPSA) is 74.2 Å². The van der Waals surface area contributed by atoms with Crippen molar-refractivity contribution in [3.05, 3.63) is 23.2 Å². The molecule has 1 saturated carbocycles. The van der Waals surface area contributed by atoms with Crippen molar-refractivity contribution < 1.29 is 14.3 Å². The molecule has 5 nitrogen and oxygen atoms in total. The van der Waals surface area contributed by atoms with E-state index >= 15 is 0 Å². The summed E-state index contributed by atoms with van der Waals surface area (Å²) in [5.74, 6) is 1.56. The zero-order valence-electron chi connectivity index (χ0n) is 11.2. The summed E-state index contributed by atoms with van der Waals surface area (Å²) in [5.41, 5.74) is -0.890. The SMILES string of the molecule is C#CC1(O)CCCC(NC(=O)Nc2cnc(F)c(Cl)c2)C1. The van der Waals surface area contributed by atoms with Crippen molar-refractivity contribution in [3.63, 3.8) is 0 Å². The number of rotatable bonds is 2. The summed E-state index contributed by atoms with van der Waals surface area (Å²) in [7, 11) is 0. The van der Waals surface area contributed by atoms with Crippen molar-refractivity contribution in [2.24, 2.45) is 0 Å². The van der Waals surface area contributed by atoms with Gasteiger partial charge in [-0.15, -0.1) is 6.42 Å². The molecule has 0 aromatic carbocycles. The molecule has 1 aromatic rings. The predicted molar refractivity (Wildman–Crippen MR) is 77.4 cm³/mol. The molecule has 7 heteroatoms. The van der Waals surface area contributed by atoms with Crippen LogP contribution in [0.25, 0.3) is 0 Å². The minimum absolute atomic E-state index is 0.174. The number of nitrogens with zero attached hydrogens (tertiary/aromatic N) is 1. The molecule has 1 heterocycles. The molecular formula is C14H15ClFN3O2. The average Bonchev–Trinajstić information content (AvgIpc) is 2.43. The van der Waals surface area contributed by atoms with Crippen LogP contribution in [0.15, 0.2) is 12.3 Å². The molecule has 0 saturated heterocycles. The molecular weight excluding hydrogens is 297 g/mol. The van der Waals surface area contributed by atoms with Gasteiger partial charge in [0.25, 0.3) is 0 Å². The van der Waals surface area contributed by atoms with Crippen molar-refractivity contribution in [2.45, 2.75) is 37.3 Å². The maximum Gasteiger partial charge on any atom is 0.319 e. The number of aromatic nitrogens is 1. The van der Waals surface area contributed by atoms with Crippen molar-refractivity contribution in [1.29, 1.82) is 0 Å². The van der Waals surface area contributed by atoms with Crippen LogP contribution >= 0.6 is 11.6 Å². The van der Waals surface area contributed by atoms with Gasteiger partial charge in [0.1, 0.15) is 5.60 Å². The quantitative estimate of drug-likeness (QED) is 0.579. The van der Waals surface area contributed by atoms with E-state index in [-0.39, 0.29) is 16.8 Å². The standard InChI is InChI=1S/C14H15ClFN3O2/c1-2-14(21)5-3-4-9(7-14)18-13(20)19-10-6-11(15)12(16)17-8-10/h1,6,8-9,21H,3-5,7H2,(H2,18,19,20). The van der Waals surface area contributed by atoms with E-state index in [9.17, 15) is 14.3 Å². The van der Waals surface area contributed by atoms with Crippen LogP contribution in [0.1, 0.15) is 25.7 Å². The van der Waals surface area contributed by atoms with Crippen LogP contribution in [0.3, 0.4) is 0 Å². The van der Waals surface area contributed by atoms with E-state index in [1.807, 2.05) is 0 Å². The molecule has 3 N–H and O–H groups in total. The van der Waals surface area contributed by atoms with Crippen LogP contribution in [0.5, 0.6) is 0 Å². The maximum atomic E-state index is 12.9. The van der Waals surface area contributed by atoms with E-state index in [4.69, 9.17) is 18.0 Å². The Hall–Kier alpha value is -1.84. The lowest BCUT2D eigenvalue weighted by molar-refractivity contribution is 0.0490. The molecule has 0 spiro atoms. The lowest BCUT2D eigenvalue weighted by Gasteiger charge is -2.33. The van der Waals surface area contributed by atoms with Crippen LogP contribution < -0.4 is 10.6 Å². The van der Waals surface area contributed by atoms with E-state index in [2.05, 4.69) is 21.5 Å². The number of aliphatic hydroxyl groups is 1. The number of urea groups is 1. The Morgan fingerprint density at radius 1 is 1.67 bits per heavy atom. The van der Waals surface area contributed by atoms with Gasteiger partial charge in [0.2, 0.25) is 5.95 Å². The van der Waals surface area contributed by atoms with Gasteiger partial charge in [-0.3, -0.25) is 0 Å². The fourth-order valence-corrected chi connectivity index (χ4v) is 2.52. The average molecular weight is 312 g/mol. The molecule has 2 rings (SSSR count). The predicted octanol–water partition coefficient (Wildman–Crippen LogP) is 2.30. The monoisotopic (exact) mass is 311 g/mol. The minimum Gasteiger partial charge on any atom is -0.378 e. The first kappa shape index (κ1) is 15.5. The number of terminal acetylenes is 1. The molecule has 2 amide bonds. The number of hydrogen-bond acceptors (Lipinski definition) is 3. The van der Waals surface area contributed by atoms with Crippen molar-refractivity contribution in [2.75, 3.05) is 5.32 Å². The van der Waals surface area contributed by atoms with Gasteiger partial charge in [0.05, 0.1) is 16.9 Å². The Morgan fingerprint density at radius 2 is 2.43 bits per heavy atom. The van der Waals surface area contributed by atoms with E-state index in [0.717, 1.165) is 12.8 Å². The van der Waals surface area contributed by atoms with Crippen LogP contribution in [0.2, 0.25) is 5.02 Å². The highest BCUT2D eigenvalue weighted by atomic mass is 35.5. The minimum atomic E-state index is -1.17. The zero-order chi connectivity index (χ0) is 15.5. The summed E-state index contributed by atoms with van der Waals surface area (Å²) in [6, 6.07) is 0.566. The Kier molecular flexibility index (Phi) is 4.66. The van der Waals surface area contributed by atoms with Gasteiger partial charge >= 0.3 is 6.03 Å². The number of carbonyl (C=O) groups is 1.